The van der Waals surface area contributed by atoms with Crippen molar-refractivity contribution in [3.05, 3.63) is 18.2 Å². The second-order valence-electron chi connectivity index (χ2n) is 5.33. The van der Waals surface area contributed by atoms with Gasteiger partial charge in [-0.3, -0.25) is 0 Å². The zero-order chi connectivity index (χ0) is 14.7. The van der Waals surface area contributed by atoms with E-state index in [1.165, 1.54) is 12.1 Å². The van der Waals surface area contributed by atoms with Crippen molar-refractivity contribution >= 4 is 21.4 Å². The van der Waals surface area contributed by atoms with Crippen LogP contribution >= 0.6 is 0 Å². The Morgan fingerprint density at radius 3 is 2.47 bits per heavy atom. The van der Waals surface area contributed by atoms with Gasteiger partial charge in [0.25, 0.3) is 0 Å². The van der Waals surface area contributed by atoms with Crippen molar-refractivity contribution in [2.24, 2.45) is 10.6 Å². The number of anilines is 2. The third-order valence-corrected chi connectivity index (χ3v) is 3.71. The van der Waals surface area contributed by atoms with Crippen LogP contribution in [-0.4, -0.2) is 26.7 Å². The number of nitrogens with two attached hydrogens (primary N) is 2. The van der Waals surface area contributed by atoms with E-state index in [2.05, 4.69) is 5.32 Å². The summed E-state index contributed by atoms with van der Waals surface area (Å²) in [5, 5.41) is 17.1. The summed E-state index contributed by atoms with van der Waals surface area (Å²) in [5.41, 5.74) is 6.46. The molecule has 0 saturated heterocycles. The summed E-state index contributed by atoms with van der Waals surface area (Å²) in [7, 11) is -3.77. The lowest BCUT2D eigenvalue weighted by Gasteiger charge is -2.24. The molecule has 6 N–H and O–H groups in total. The molecule has 0 aliphatic rings. The van der Waals surface area contributed by atoms with Crippen LogP contribution in [0.1, 0.15) is 20.3 Å². The third kappa shape index (κ3) is 5.06. The maximum atomic E-state index is 11.3. The third-order valence-electron chi connectivity index (χ3n) is 2.82. The van der Waals surface area contributed by atoms with Gasteiger partial charge in [-0.1, -0.05) is 13.8 Å². The van der Waals surface area contributed by atoms with E-state index in [0.717, 1.165) is 0 Å². The van der Waals surface area contributed by atoms with E-state index in [0.29, 0.717) is 24.3 Å². The topological polar surface area (TPSA) is 118 Å². The van der Waals surface area contributed by atoms with Crippen molar-refractivity contribution in [1.29, 1.82) is 0 Å². The molecule has 1 aromatic carbocycles. The quantitative estimate of drug-likeness (QED) is 0.575. The van der Waals surface area contributed by atoms with E-state index >= 15 is 0 Å². The SMILES string of the molecule is CC(C)(CCO)CNc1cc(N)cc(S(N)(=O)=O)c1. The highest BCUT2D eigenvalue weighted by atomic mass is 32.2. The molecule has 19 heavy (non-hydrogen) atoms. The number of primary sulfonamides is 1. The van der Waals surface area contributed by atoms with Crippen LogP contribution in [0, 0.1) is 5.41 Å². The second-order valence-corrected chi connectivity index (χ2v) is 6.89. The van der Waals surface area contributed by atoms with Gasteiger partial charge in [0.1, 0.15) is 0 Å². The van der Waals surface area contributed by atoms with E-state index in [1.54, 1.807) is 6.07 Å². The fourth-order valence-corrected chi connectivity index (χ4v) is 2.21. The lowest BCUT2D eigenvalue weighted by atomic mass is 9.89. The first-order chi connectivity index (χ1) is 8.64. The molecular formula is C12H21N3O3S. The lowest BCUT2D eigenvalue weighted by Crippen LogP contribution is -2.24. The van der Waals surface area contributed by atoms with Gasteiger partial charge in [-0.25, -0.2) is 13.6 Å². The summed E-state index contributed by atoms with van der Waals surface area (Å²) in [4.78, 5) is -0.0186. The zero-order valence-electron chi connectivity index (χ0n) is 11.2. The van der Waals surface area contributed by atoms with Crippen LogP contribution in [-0.2, 0) is 10.0 Å². The molecule has 0 fully saturated rings. The van der Waals surface area contributed by atoms with Gasteiger partial charge in [0.15, 0.2) is 0 Å². The van der Waals surface area contributed by atoms with Crippen LogP contribution in [0.2, 0.25) is 0 Å². The summed E-state index contributed by atoms with van der Waals surface area (Å²) in [6.07, 6.45) is 0.643. The van der Waals surface area contributed by atoms with Crippen LogP contribution in [0.5, 0.6) is 0 Å². The Kier molecular flexibility index (Phi) is 4.78. The van der Waals surface area contributed by atoms with Crippen molar-refractivity contribution in [2.45, 2.75) is 25.2 Å². The fourth-order valence-electron chi connectivity index (χ4n) is 1.62. The maximum Gasteiger partial charge on any atom is 0.238 e. The average Bonchev–Trinajstić information content (AvgIpc) is 2.24. The largest absolute Gasteiger partial charge is 0.399 e. The molecule has 0 spiro atoms. The molecular weight excluding hydrogens is 266 g/mol. The Balaban J connectivity index is 2.88. The monoisotopic (exact) mass is 287 g/mol. The number of nitrogen functional groups attached to an aromatic ring is 1. The minimum Gasteiger partial charge on any atom is -0.399 e. The van der Waals surface area contributed by atoms with Gasteiger partial charge >= 0.3 is 0 Å². The first-order valence-corrected chi connectivity index (χ1v) is 7.47. The summed E-state index contributed by atoms with van der Waals surface area (Å²) in [6.45, 7) is 4.70. The molecule has 0 aliphatic carbocycles. The summed E-state index contributed by atoms with van der Waals surface area (Å²) < 4.78 is 22.6. The summed E-state index contributed by atoms with van der Waals surface area (Å²) in [6, 6.07) is 4.41. The highest BCUT2D eigenvalue weighted by Gasteiger charge is 2.17. The Morgan fingerprint density at radius 1 is 1.32 bits per heavy atom. The lowest BCUT2D eigenvalue weighted by molar-refractivity contribution is 0.220. The molecule has 108 valence electrons. The Bertz CT molecular complexity index is 541. The predicted octanol–water partition coefficient (Wildman–Crippen LogP) is 0.737. The van der Waals surface area contributed by atoms with E-state index < -0.39 is 10.0 Å². The molecule has 0 saturated carbocycles. The first-order valence-electron chi connectivity index (χ1n) is 5.92. The minimum absolute atomic E-state index is 0.0186. The van der Waals surface area contributed by atoms with Gasteiger partial charge in [-0.15, -0.1) is 0 Å². The predicted molar refractivity (Wildman–Crippen MR) is 76.2 cm³/mol. The molecule has 0 amide bonds. The van der Waals surface area contributed by atoms with E-state index in [9.17, 15) is 8.42 Å². The standard InChI is InChI=1S/C12H21N3O3S/c1-12(2,3-4-16)8-15-10-5-9(13)6-11(7-10)19(14,17)18/h5-7,15-16H,3-4,8,13H2,1-2H3,(H2,14,17,18). The maximum absolute atomic E-state index is 11.3. The molecule has 0 radical (unpaired) electrons. The summed E-state index contributed by atoms with van der Waals surface area (Å²) >= 11 is 0. The Morgan fingerprint density at radius 2 is 1.95 bits per heavy atom. The number of rotatable bonds is 6. The Labute approximate surface area is 113 Å². The molecule has 0 aliphatic heterocycles. The van der Waals surface area contributed by atoms with Gasteiger partial charge in [-0.05, 0) is 30.0 Å². The van der Waals surface area contributed by atoms with Crippen molar-refractivity contribution in [3.8, 4) is 0 Å². The molecule has 0 unspecified atom stereocenters. The van der Waals surface area contributed by atoms with E-state index in [-0.39, 0.29) is 16.9 Å². The smallest absolute Gasteiger partial charge is 0.238 e. The number of hydrogen-bond donors (Lipinski definition) is 4. The molecule has 1 rings (SSSR count). The second kappa shape index (κ2) is 5.77. The van der Waals surface area contributed by atoms with Gasteiger partial charge in [0, 0.05) is 24.5 Å². The van der Waals surface area contributed by atoms with Crippen molar-refractivity contribution in [3.63, 3.8) is 0 Å². The van der Waals surface area contributed by atoms with Crippen molar-refractivity contribution in [1.82, 2.24) is 0 Å². The van der Waals surface area contributed by atoms with Crippen LogP contribution < -0.4 is 16.2 Å². The Hall–Kier alpha value is -1.31. The van der Waals surface area contributed by atoms with Crippen molar-refractivity contribution < 1.29 is 13.5 Å². The number of aliphatic hydroxyl groups excluding tert-OH is 1. The highest BCUT2D eigenvalue weighted by Crippen LogP contribution is 2.23. The number of hydrogen-bond acceptors (Lipinski definition) is 5. The molecule has 0 aromatic heterocycles. The number of sulfonamides is 1. The van der Waals surface area contributed by atoms with Crippen LogP contribution in [0.15, 0.2) is 23.1 Å². The number of aliphatic hydroxyl groups is 1. The van der Waals surface area contributed by atoms with Gasteiger partial charge < -0.3 is 16.2 Å². The van der Waals surface area contributed by atoms with E-state index in [4.69, 9.17) is 16.0 Å². The fraction of sp³-hybridized carbons (Fsp3) is 0.500. The van der Waals surface area contributed by atoms with Crippen LogP contribution in [0.25, 0.3) is 0 Å². The van der Waals surface area contributed by atoms with Crippen molar-refractivity contribution in [2.75, 3.05) is 24.2 Å². The molecule has 0 heterocycles. The molecule has 7 heteroatoms. The summed E-state index contributed by atoms with van der Waals surface area (Å²) in [5.74, 6) is 0. The molecule has 0 bridgehead atoms. The van der Waals surface area contributed by atoms with Gasteiger partial charge in [0.05, 0.1) is 4.90 Å². The average molecular weight is 287 g/mol. The normalized spacial score (nSPS) is 12.4. The van der Waals surface area contributed by atoms with Gasteiger partial charge in [-0.2, -0.15) is 0 Å². The first kappa shape index (κ1) is 15.7. The highest BCUT2D eigenvalue weighted by molar-refractivity contribution is 7.89. The number of nitrogens with one attached hydrogen (secondary N) is 1. The number of benzene rings is 1. The van der Waals surface area contributed by atoms with Crippen LogP contribution in [0.4, 0.5) is 11.4 Å². The minimum atomic E-state index is -3.77. The van der Waals surface area contributed by atoms with Crippen LogP contribution in [0.3, 0.4) is 0 Å². The zero-order valence-corrected chi connectivity index (χ0v) is 12.0. The molecule has 0 atom stereocenters. The van der Waals surface area contributed by atoms with Gasteiger partial charge in [0.2, 0.25) is 10.0 Å². The molecule has 1 aromatic rings. The van der Waals surface area contributed by atoms with E-state index in [1.807, 2.05) is 13.8 Å². The molecule has 6 nitrogen and oxygen atoms in total.